The van der Waals surface area contributed by atoms with Gasteiger partial charge in [-0.2, -0.15) is 0 Å². The molecule has 0 spiro atoms. The Morgan fingerprint density at radius 2 is 1.47 bits per heavy atom. The zero-order valence-corrected chi connectivity index (χ0v) is 11.0. The number of nitrogens with two attached hydrogens (primary N) is 1. The Labute approximate surface area is 106 Å². The van der Waals surface area contributed by atoms with E-state index in [2.05, 4.69) is 0 Å². The van der Waals surface area contributed by atoms with Crippen molar-refractivity contribution in [1.29, 1.82) is 0 Å². The lowest BCUT2D eigenvalue weighted by Gasteiger charge is -2.62. The van der Waals surface area contributed by atoms with E-state index in [9.17, 15) is 0 Å². The van der Waals surface area contributed by atoms with Crippen LogP contribution in [0.2, 0.25) is 0 Å². The summed E-state index contributed by atoms with van der Waals surface area (Å²) in [6, 6.07) is 0.572. The van der Waals surface area contributed by atoms with Gasteiger partial charge in [0.15, 0.2) is 0 Å². The first-order valence-electron chi connectivity index (χ1n) is 8.02. The highest BCUT2D eigenvalue weighted by Gasteiger charge is 2.56. The third kappa shape index (κ3) is 1.54. The second kappa shape index (κ2) is 3.73. The molecule has 17 heavy (non-hydrogen) atoms. The fraction of sp³-hybridized carbons (Fsp3) is 1.00. The lowest BCUT2D eigenvalue weighted by Crippen LogP contribution is -2.58. The Balaban J connectivity index is 1.61. The molecule has 2 N–H and O–H groups in total. The minimum Gasteiger partial charge on any atom is -0.327 e. The minimum absolute atomic E-state index is 0.572. The van der Waals surface area contributed by atoms with Crippen LogP contribution in [0, 0.1) is 29.1 Å². The summed E-state index contributed by atoms with van der Waals surface area (Å²) in [5.74, 6) is 3.96. The molecule has 0 aromatic rings. The summed E-state index contributed by atoms with van der Waals surface area (Å²) in [7, 11) is 0. The van der Waals surface area contributed by atoms with Gasteiger partial charge in [0.2, 0.25) is 0 Å². The van der Waals surface area contributed by atoms with Crippen LogP contribution in [0.4, 0.5) is 0 Å². The van der Waals surface area contributed by atoms with Crippen molar-refractivity contribution in [3.63, 3.8) is 0 Å². The van der Waals surface area contributed by atoms with E-state index in [4.69, 9.17) is 5.73 Å². The third-order valence-corrected chi connectivity index (χ3v) is 6.86. The second-order valence-electron chi connectivity index (χ2n) is 7.74. The molecule has 1 nitrogen and oxygen atoms in total. The van der Waals surface area contributed by atoms with E-state index >= 15 is 0 Å². The molecule has 0 radical (unpaired) electrons. The van der Waals surface area contributed by atoms with Gasteiger partial charge in [-0.1, -0.05) is 19.3 Å². The lowest BCUT2D eigenvalue weighted by molar-refractivity contribution is -0.106. The van der Waals surface area contributed by atoms with Gasteiger partial charge < -0.3 is 5.73 Å². The van der Waals surface area contributed by atoms with E-state index in [1.807, 2.05) is 0 Å². The molecular formula is C16H27N. The maximum absolute atomic E-state index is 6.46. The molecule has 2 atom stereocenters. The second-order valence-corrected chi connectivity index (χ2v) is 7.74. The average Bonchev–Trinajstić information content (AvgIpc) is 2.36. The Bertz CT molecular complexity index is 289. The Morgan fingerprint density at radius 3 is 2.12 bits per heavy atom. The van der Waals surface area contributed by atoms with Crippen LogP contribution < -0.4 is 5.73 Å². The van der Waals surface area contributed by atoms with Gasteiger partial charge in [0, 0.05) is 6.04 Å². The summed E-state index contributed by atoms with van der Waals surface area (Å²) < 4.78 is 0. The molecule has 0 heterocycles. The molecule has 0 saturated heterocycles. The van der Waals surface area contributed by atoms with Crippen LogP contribution in [0.15, 0.2) is 0 Å². The van der Waals surface area contributed by atoms with E-state index in [1.54, 1.807) is 19.3 Å². The number of hydrogen-bond acceptors (Lipinski definition) is 1. The van der Waals surface area contributed by atoms with Crippen molar-refractivity contribution >= 4 is 0 Å². The molecule has 4 bridgehead atoms. The smallest absolute Gasteiger partial charge is 0.00962 e. The molecule has 5 saturated carbocycles. The average molecular weight is 233 g/mol. The Hall–Kier alpha value is -0.0400. The predicted octanol–water partition coefficient (Wildman–Crippen LogP) is 3.72. The Kier molecular flexibility index (Phi) is 2.38. The largest absolute Gasteiger partial charge is 0.327 e. The van der Waals surface area contributed by atoms with Gasteiger partial charge >= 0.3 is 0 Å². The first-order chi connectivity index (χ1) is 8.27. The third-order valence-electron chi connectivity index (χ3n) is 6.86. The van der Waals surface area contributed by atoms with E-state index < -0.39 is 0 Å². The van der Waals surface area contributed by atoms with Gasteiger partial charge in [0.1, 0.15) is 0 Å². The van der Waals surface area contributed by atoms with E-state index in [-0.39, 0.29) is 0 Å². The first kappa shape index (κ1) is 10.8. The quantitative estimate of drug-likeness (QED) is 0.734. The van der Waals surface area contributed by atoms with Crippen LogP contribution >= 0.6 is 0 Å². The van der Waals surface area contributed by atoms with Crippen molar-refractivity contribution in [3.8, 4) is 0 Å². The van der Waals surface area contributed by atoms with Crippen LogP contribution in [0.5, 0.6) is 0 Å². The minimum atomic E-state index is 0.572. The highest BCUT2D eigenvalue weighted by atomic mass is 14.8. The summed E-state index contributed by atoms with van der Waals surface area (Å²) in [5.41, 5.74) is 7.23. The summed E-state index contributed by atoms with van der Waals surface area (Å²) >= 11 is 0. The monoisotopic (exact) mass is 233 g/mol. The summed E-state index contributed by atoms with van der Waals surface area (Å²) in [6.45, 7) is 0. The predicted molar refractivity (Wildman–Crippen MR) is 70.5 cm³/mol. The van der Waals surface area contributed by atoms with Crippen LogP contribution in [0.1, 0.15) is 64.2 Å². The van der Waals surface area contributed by atoms with Crippen molar-refractivity contribution in [2.45, 2.75) is 70.3 Å². The molecular weight excluding hydrogens is 206 g/mol. The van der Waals surface area contributed by atoms with Crippen molar-refractivity contribution in [2.75, 3.05) is 0 Å². The molecule has 96 valence electrons. The van der Waals surface area contributed by atoms with E-state index in [0.29, 0.717) is 6.04 Å². The van der Waals surface area contributed by atoms with Gasteiger partial charge in [0.25, 0.3) is 0 Å². The fourth-order valence-electron chi connectivity index (χ4n) is 6.34. The van der Waals surface area contributed by atoms with Crippen LogP contribution in [0.25, 0.3) is 0 Å². The lowest BCUT2D eigenvalue weighted by atomic mass is 9.44. The molecule has 5 rings (SSSR count). The van der Waals surface area contributed by atoms with Crippen molar-refractivity contribution < 1.29 is 0 Å². The summed E-state index contributed by atoms with van der Waals surface area (Å²) in [5, 5.41) is 0. The molecule has 0 amide bonds. The molecule has 2 unspecified atom stereocenters. The van der Waals surface area contributed by atoms with Crippen LogP contribution in [-0.2, 0) is 0 Å². The first-order valence-corrected chi connectivity index (χ1v) is 8.02. The molecule has 0 aromatic heterocycles. The summed E-state index contributed by atoms with van der Waals surface area (Å²) in [4.78, 5) is 0. The summed E-state index contributed by atoms with van der Waals surface area (Å²) in [6.07, 6.45) is 15.2. The van der Waals surface area contributed by atoms with Crippen molar-refractivity contribution in [2.24, 2.45) is 34.8 Å². The van der Waals surface area contributed by atoms with Gasteiger partial charge in [0.05, 0.1) is 0 Å². The van der Waals surface area contributed by atoms with Crippen LogP contribution in [-0.4, -0.2) is 6.04 Å². The zero-order chi connectivity index (χ0) is 11.5. The standard InChI is InChI=1S/C16H27N/c17-15-12-6-11-7-13(15)10-16(8-11,9-12)14-4-2-1-3-5-14/h11-15H,1-10,17H2. The van der Waals surface area contributed by atoms with Gasteiger partial charge in [-0.15, -0.1) is 0 Å². The maximum atomic E-state index is 6.46. The number of hydrogen-bond donors (Lipinski definition) is 1. The van der Waals surface area contributed by atoms with Gasteiger partial charge in [-0.3, -0.25) is 0 Å². The fourth-order valence-corrected chi connectivity index (χ4v) is 6.34. The topological polar surface area (TPSA) is 26.0 Å². The van der Waals surface area contributed by atoms with Crippen molar-refractivity contribution in [1.82, 2.24) is 0 Å². The molecule has 5 aliphatic carbocycles. The Morgan fingerprint density at radius 1 is 0.824 bits per heavy atom. The molecule has 5 fully saturated rings. The number of rotatable bonds is 1. The maximum Gasteiger partial charge on any atom is 0.00962 e. The molecule has 1 heteroatoms. The molecule has 0 aliphatic heterocycles. The zero-order valence-electron chi connectivity index (χ0n) is 11.0. The molecule has 0 aromatic carbocycles. The normalized spacial score (nSPS) is 54.2. The van der Waals surface area contributed by atoms with Crippen LogP contribution in [0.3, 0.4) is 0 Å². The highest BCUT2D eigenvalue weighted by Crippen LogP contribution is 2.64. The highest BCUT2D eigenvalue weighted by molar-refractivity contribution is 5.08. The van der Waals surface area contributed by atoms with Gasteiger partial charge in [-0.05, 0) is 74.0 Å². The SMILES string of the molecule is NC1C2CC3CC1CC(C1CCCCC1)(C3)C2. The van der Waals surface area contributed by atoms with E-state index in [0.717, 1.165) is 29.1 Å². The van der Waals surface area contributed by atoms with Crippen molar-refractivity contribution in [3.05, 3.63) is 0 Å². The van der Waals surface area contributed by atoms with E-state index in [1.165, 1.54) is 44.9 Å². The molecule has 5 aliphatic rings. The van der Waals surface area contributed by atoms with Gasteiger partial charge in [-0.25, -0.2) is 0 Å².